The summed E-state index contributed by atoms with van der Waals surface area (Å²) in [4.78, 5) is 24.7. The quantitative estimate of drug-likeness (QED) is 0.785. The van der Waals surface area contributed by atoms with Gasteiger partial charge in [-0.25, -0.2) is 4.39 Å². The second-order valence-corrected chi connectivity index (χ2v) is 8.65. The second-order valence-electron chi connectivity index (χ2n) is 8.21. The molecule has 7 heteroatoms. The SMILES string of the molecule is O=C(COC(=O)C12C[C@@H]3C[C@@H](CC(O)(C3)C1)C2)Nc1ccc(Cl)cc1F. The van der Waals surface area contributed by atoms with E-state index >= 15 is 0 Å². The minimum absolute atomic E-state index is 0.0143. The van der Waals surface area contributed by atoms with Gasteiger partial charge in [-0.2, -0.15) is 0 Å². The van der Waals surface area contributed by atoms with Crippen molar-refractivity contribution in [2.75, 3.05) is 11.9 Å². The van der Waals surface area contributed by atoms with Gasteiger partial charge in [0.2, 0.25) is 0 Å². The van der Waals surface area contributed by atoms with E-state index in [0.717, 1.165) is 38.2 Å². The van der Waals surface area contributed by atoms with E-state index in [1.807, 2.05) is 0 Å². The number of amides is 1. The van der Waals surface area contributed by atoms with Crippen LogP contribution < -0.4 is 5.32 Å². The summed E-state index contributed by atoms with van der Waals surface area (Å²) >= 11 is 5.67. The average molecular weight is 382 g/mol. The normalized spacial score (nSPS) is 34.6. The lowest BCUT2D eigenvalue weighted by atomic mass is 9.48. The van der Waals surface area contributed by atoms with E-state index in [1.165, 1.54) is 12.1 Å². The molecule has 4 fully saturated rings. The van der Waals surface area contributed by atoms with Crippen molar-refractivity contribution in [2.24, 2.45) is 17.3 Å². The van der Waals surface area contributed by atoms with Crippen LogP contribution in [0.25, 0.3) is 0 Å². The molecule has 26 heavy (non-hydrogen) atoms. The van der Waals surface area contributed by atoms with Crippen molar-refractivity contribution in [1.82, 2.24) is 0 Å². The number of hydrogen-bond donors (Lipinski definition) is 2. The Labute approximate surface area is 155 Å². The van der Waals surface area contributed by atoms with Crippen LogP contribution in [0.5, 0.6) is 0 Å². The van der Waals surface area contributed by atoms with Gasteiger partial charge in [-0.3, -0.25) is 9.59 Å². The number of esters is 1. The maximum Gasteiger partial charge on any atom is 0.312 e. The molecule has 0 radical (unpaired) electrons. The summed E-state index contributed by atoms with van der Waals surface area (Å²) in [5.41, 5.74) is -1.46. The van der Waals surface area contributed by atoms with Crippen LogP contribution in [0.3, 0.4) is 0 Å². The molecule has 2 unspecified atom stereocenters. The van der Waals surface area contributed by atoms with E-state index in [1.54, 1.807) is 0 Å². The molecule has 1 amide bonds. The molecule has 4 aliphatic carbocycles. The molecule has 0 saturated heterocycles. The number of carbonyl (C=O) groups excluding carboxylic acids is 2. The van der Waals surface area contributed by atoms with Crippen LogP contribution >= 0.6 is 11.6 Å². The monoisotopic (exact) mass is 381 g/mol. The first kappa shape index (κ1) is 17.7. The van der Waals surface area contributed by atoms with Crippen LogP contribution in [0.4, 0.5) is 10.1 Å². The molecule has 140 valence electrons. The molecular weight excluding hydrogens is 361 g/mol. The molecule has 5 rings (SSSR count). The third-order valence-corrected chi connectivity index (χ3v) is 6.24. The van der Waals surface area contributed by atoms with Gasteiger partial charge in [-0.05, 0) is 68.6 Å². The Morgan fingerprint density at radius 3 is 2.58 bits per heavy atom. The fraction of sp³-hybridized carbons (Fsp3) is 0.579. The van der Waals surface area contributed by atoms with Gasteiger partial charge in [0.25, 0.3) is 5.91 Å². The number of carbonyl (C=O) groups is 2. The Bertz CT molecular complexity index is 754. The zero-order valence-electron chi connectivity index (χ0n) is 14.3. The molecule has 4 bridgehead atoms. The topological polar surface area (TPSA) is 75.6 Å². The zero-order chi connectivity index (χ0) is 18.5. The van der Waals surface area contributed by atoms with E-state index in [4.69, 9.17) is 16.3 Å². The molecule has 0 spiro atoms. The summed E-state index contributed by atoms with van der Waals surface area (Å²) < 4.78 is 19.0. The van der Waals surface area contributed by atoms with Gasteiger partial charge < -0.3 is 15.2 Å². The summed E-state index contributed by atoms with van der Waals surface area (Å²) in [6.45, 7) is -0.476. The molecule has 2 N–H and O–H groups in total. The van der Waals surface area contributed by atoms with Crippen molar-refractivity contribution in [3.63, 3.8) is 0 Å². The Morgan fingerprint density at radius 2 is 1.96 bits per heavy atom. The van der Waals surface area contributed by atoms with Crippen molar-refractivity contribution in [3.8, 4) is 0 Å². The van der Waals surface area contributed by atoms with E-state index in [0.29, 0.717) is 18.3 Å². The fourth-order valence-electron chi connectivity index (χ4n) is 5.51. The van der Waals surface area contributed by atoms with Gasteiger partial charge in [0.05, 0.1) is 16.7 Å². The first-order valence-electron chi connectivity index (χ1n) is 8.92. The van der Waals surface area contributed by atoms with Crippen molar-refractivity contribution < 1.29 is 23.8 Å². The maximum absolute atomic E-state index is 13.7. The van der Waals surface area contributed by atoms with Gasteiger partial charge in [0, 0.05) is 5.02 Å². The van der Waals surface area contributed by atoms with Gasteiger partial charge in [0.1, 0.15) is 5.82 Å². The molecule has 0 heterocycles. The van der Waals surface area contributed by atoms with Crippen molar-refractivity contribution in [2.45, 2.75) is 44.1 Å². The lowest BCUT2D eigenvalue weighted by molar-refractivity contribution is -0.196. The number of anilines is 1. The molecule has 4 aliphatic rings. The number of aliphatic hydroxyl groups is 1. The number of benzene rings is 1. The molecule has 5 nitrogen and oxygen atoms in total. The second kappa shape index (κ2) is 6.20. The Kier molecular flexibility index (Phi) is 4.23. The van der Waals surface area contributed by atoms with Gasteiger partial charge in [-0.1, -0.05) is 11.6 Å². The maximum atomic E-state index is 13.7. The minimum Gasteiger partial charge on any atom is -0.455 e. The third-order valence-electron chi connectivity index (χ3n) is 6.00. The molecule has 4 saturated carbocycles. The molecule has 4 atom stereocenters. The Hall–Kier alpha value is -1.66. The van der Waals surface area contributed by atoms with Crippen LogP contribution in [0.1, 0.15) is 38.5 Å². The van der Waals surface area contributed by atoms with Crippen LogP contribution in [-0.4, -0.2) is 29.2 Å². The first-order valence-corrected chi connectivity index (χ1v) is 9.29. The standard InChI is InChI=1S/C19H21ClFNO4/c20-13-1-2-15(14(21)4-13)22-16(23)9-26-17(24)18-5-11-3-12(6-18)8-19(25,7-11)10-18/h1-2,4,11-12,25H,3,5-10H2,(H,22,23)/t11-,12+,18?,19?. The van der Waals surface area contributed by atoms with Gasteiger partial charge in [0.15, 0.2) is 6.61 Å². The summed E-state index contributed by atoms with van der Waals surface area (Å²) in [7, 11) is 0. The van der Waals surface area contributed by atoms with E-state index < -0.39 is 35.3 Å². The molecule has 0 aromatic heterocycles. The molecule has 1 aromatic rings. The molecule has 1 aromatic carbocycles. The predicted molar refractivity (Wildman–Crippen MR) is 93.1 cm³/mol. The number of rotatable bonds is 4. The first-order chi connectivity index (χ1) is 12.3. The van der Waals surface area contributed by atoms with E-state index in [-0.39, 0.29) is 10.7 Å². The predicted octanol–water partition coefficient (Wildman–Crippen LogP) is 3.29. The number of ether oxygens (including phenoxy) is 1. The summed E-state index contributed by atoms with van der Waals surface area (Å²) in [5, 5.41) is 13.3. The average Bonchev–Trinajstić information content (AvgIpc) is 2.53. The number of hydrogen-bond acceptors (Lipinski definition) is 4. The van der Waals surface area contributed by atoms with Crippen LogP contribution in [-0.2, 0) is 14.3 Å². The van der Waals surface area contributed by atoms with E-state index in [9.17, 15) is 19.1 Å². The number of halogens is 2. The van der Waals surface area contributed by atoms with Crippen LogP contribution in [0, 0.1) is 23.1 Å². The smallest absolute Gasteiger partial charge is 0.312 e. The van der Waals surface area contributed by atoms with Gasteiger partial charge in [-0.15, -0.1) is 0 Å². The summed E-state index contributed by atoms with van der Waals surface area (Å²) in [5.74, 6) is -0.975. The van der Waals surface area contributed by atoms with E-state index in [2.05, 4.69) is 5.32 Å². The highest BCUT2D eigenvalue weighted by atomic mass is 35.5. The van der Waals surface area contributed by atoms with Crippen LogP contribution in [0.15, 0.2) is 18.2 Å². The highest BCUT2D eigenvalue weighted by Gasteiger charge is 2.60. The van der Waals surface area contributed by atoms with Gasteiger partial charge >= 0.3 is 5.97 Å². The van der Waals surface area contributed by atoms with Crippen molar-refractivity contribution in [3.05, 3.63) is 29.0 Å². The van der Waals surface area contributed by atoms with Crippen molar-refractivity contribution >= 4 is 29.2 Å². The van der Waals surface area contributed by atoms with Crippen LogP contribution in [0.2, 0.25) is 5.02 Å². The number of nitrogens with one attached hydrogen (secondary N) is 1. The molecular formula is C19H21ClFNO4. The summed E-state index contributed by atoms with van der Waals surface area (Å²) in [6, 6.07) is 3.91. The lowest BCUT2D eigenvalue weighted by Gasteiger charge is -2.58. The minimum atomic E-state index is -0.766. The third kappa shape index (κ3) is 3.21. The zero-order valence-corrected chi connectivity index (χ0v) is 15.0. The highest BCUT2D eigenvalue weighted by Crippen LogP contribution is 2.61. The fourth-order valence-corrected chi connectivity index (χ4v) is 5.67. The van der Waals surface area contributed by atoms with Crippen molar-refractivity contribution in [1.29, 1.82) is 0 Å². The Morgan fingerprint density at radius 1 is 1.27 bits per heavy atom. The highest BCUT2D eigenvalue weighted by molar-refractivity contribution is 6.30. The largest absolute Gasteiger partial charge is 0.455 e. The molecule has 0 aliphatic heterocycles. The Balaban J connectivity index is 1.37. The lowest BCUT2D eigenvalue weighted by Crippen LogP contribution is -2.58. The summed E-state index contributed by atoms with van der Waals surface area (Å²) in [6.07, 6.45) is 4.44.